The Bertz CT molecular complexity index is 490. The highest BCUT2D eigenvalue weighted by Gasteiger charge is 1.98. The van der Waals surface area contributed by atoms with E-state index in [0.717, 1.165) is 0 Å². The minimum Gasteiger partial charge on any atom is -0.0987 e. The first-order valence-electron chi connectivity index (χ1n) is 5.75. The molecule has 0 saturated carbocycles. The van der Waals surface area contributed by atoms with Gasteiger partial charge in [0.2, 0.25) is 0 Å². The lowest BCUT2D eigenvalue weighted by atomic mass is 10.4. The van der Waals surface area contributed by atoms with E-state index < -0.39 is 0 Å². The Hall–Kier alpha value is -1.03. The lowest BCUT2D eigenvalue weighted by Crippen LogP contribution is -1.75. The lowest BCUT2D eigenvalue weighted by Gasteiger charge is -2.04. The molecular weight excluding hydrogens is 288 g/mol. The van der Waals surface area contributed by atoms with Crippen LogP contribution in [0.1, 0.15) is 0 Å². The normalized spacial score (nSPS) is 10.1. The molecule has 96 valence electrons. The number of benzene rings is 2. The summed E-state index contributed by atoms with van der Waals surface area (Å²) < 4.78 is 0. The highest BCUT2D eigenvalue weighted by Crippen LogP contribution is 2.31. The van der Waals surface area contributed by atoms with Gasteiger partial charge in [0.1, 0.15) is 0 Å². The molecule has 0 spiro atoms. The van der Waals surface area contributed by atoms with Crippen LogP contribution in [0.5, 0.6) is 0 Å². The molecule has 0 bridgehead atoms. The first-order chi connectivity index (χ1) is 9.31. The van der Waals surface area contributed by atoms with Crippen LogP contribution in [0.2, 0.25) is 0 Å². The Morgan fingerprint density at radius 1 is 0.579 bits per heavy atom. The predicted octanol–water partition coefficient (Wildman–Crippen LogP) is 6.31. The van der Waals surface area contributed by atoms with Crippen molar-refractivity contribution in [1.82, 2.24) is 0 Å². The molecule has 0 unspecified atom stereocenters. The first-order valence-corrected chi connectivity index (χ1v) is 8.32. The van der Waals surface area contributed by atoms with E-state index in [-0.39, 0.29) is 0 Å². The van der Waals surface area contributed by atoms with Gasteiger partial charge >= 0.3 is 0 Å². The highest BCUT2D eigenvalue weighted by molar-refractivity contribution is 8.02. The van der Waals surface area contributed by atoms with Gasteiger partial charge in [0.15, 0.2) is 0 Å². The Labute approximate surface area is 127 Å². The zero-order valence-corrected chi connectivity index (χ0v) is 12.9. The van der Waals surface area contributed by atoms with Crippen LogP contribution >= 0.6 is 35.3 Å². The number of hydrogen-bond donors (Lipinski definition) is 0. The average Bonchev–Trinajstić information content (AvgIpc) is 2.44. The van der Waals surface area contributed by atoms with Crippen LogP contribution in [-0.2, 0) is 0 Å². The molecule has 0 aliphatic carbocycles. The fourth-order valence-electron chi connectivity index (χ4n) is 1.50. The number of hydrogen-bond acceptors (Lipinski definition) is 3. The van der Waals surface area contributed by atoms with Gasteiger partial charge in [-0.3, -0.25) is 0 Å². The van der Waals surface area contributed by atoms with Crippen molar-refractivity contribution in [2.75, 3.05) is 0 Å². The zero-order valence-electron chi connectivity index (χ0n) is 10.4. The summed E-state index contributed by atoms with van der Waals surface area (Å²) in [5, 5.41) is 3.69. The fourth-order valence-corrected chi connectivity index (χ4v) is 3.29. The van der Waals surface area contributed by atoms with Crippen LogP contribution in [0, 0.1) is 0 Å². The fraction of sp³-hybridized carbons (Fsp3) is 0. The summed E-state index contributed by atoms with van der Waals surface area (Å²) >= 11 is 5.05. The van der Waals surface area contributed by atoms with Crippen molar-refractivity contribution >= 4 is 35.3 Å². The summed E-state index contributed by atoms with van der Waals surface area (Å²) in [6.45, 7) is 7.44. The van der Waals surface area contributed by atoms with E-state index in [1.807, 2.05) is 10.8 Å². The zero-order chi connectivity index (χ0) is 13.5. The van der Waals surface area contributed by atoms with Gasteiger partial charge in [-0.05, 0) is 59.3 Å². The van der Waals surface area contributed by atoms with Gasteiger partial charge in [0.05, 0.1) is 0 Å². The lowest BCUT2D eigenvalue weighted by molar-refractivity contribution is 1.32. The standard InChI is InChI=1S/C16H14S3/c1-3-17-13-5-9-15(10-6-13)19-16-11-7-14(8-12-16)18-4-2/h3-12H,1-2H2. The molecule has 2 aromatic carbocycles. The van der Waals surface area contributed by atoms with E-state index in [4.69, 9.17) is 0 Å². The number of thioether (sulfide) groups is 2. The van der Waals surface area contributed by atoms with E-state index in [0.29, 0.717) is 0 Å². The van der Waals surface area contributed by atoms with Crippen molar-refractivity contribution < 1.29 is 0 Å². The summed E-state index contributed by atoms with van der Waals surface area (Å²) in [4.78, 5) is 4.93. The topological polar surface area (TPSA) is 0 Å². The van der Waals surface area contributed by atoms with Crippen molar-refractivity contribution in [1.29, 1.82) is 0 Å². The van der Waals surface area contributed by atoms with Gasteiger partial charge in [-0.25, -0.2) is 0 Å². The predicted molar refractivity (Wildman–Crippen MR) is 89.1 cm³/mol. The molecule has 2 aromatic rings. The van der Waals surface area contributed by atoms with Crippen molar-refractivity contribution in [3.8, 4) is 0 Å². The van der Waals surface area contributed by atoms with E-state index in [1.165, 1.54) is 19.6 Å². The molecule has 3 heteroatoms. The van der Waals surface area contributed by atoms with E-state index in [2.05, 4.69) is 61.7 Å². The summed E-state index contributed by atoms with van der Waals surface area (Å²) in [5.41, 5.74) is 0. The molecule has 0 aromatic heterocycles. The van der Waals surface area contributed by atoms with Gasteiger partial charge in [-0.15, -0.1) is 0 Å². The summed E-state index contributed by atoms with van der Waals surface area (Å²) in [5.74, 6) is 0. The molecule has 0 atom stereocenters. The van der Waals surface area contributed by atoms with Crippen LogP contribution < -0.4 is 0 Å². The molecule has 0 fully saturated rings. The largest absolute Gasteiger partial charge is 0.0987 e. The van der Waals surface area contributed by atoms with Gasteiger partial charge < -0.3 is 0 Å². The second-order valence-corrected chi connectivity index (χ2v) is 6.84. The average molecular weight is 302 g/mol. The highest BCUT2D eigenvalue weighted by atomic mass is 32.2. The monoisotopic (exact) mass is 302 g/mol. The second-order valence-electron chi connectivity index (χ2n) is 3.61. The van der Waals surface area contributed by atoms with Crippen LogP contribution in [0.25, 0.3) is 0 Å². The third kappa shape index (κ3) is 4.53. The van der Waals surface area contributed by atoms with Crippen molar-refractivity contribution in [3.05, 3.63) is 72.5 Å². The number of rotatable bonds is 6. The SMILES string of the molecule is C=CSc1ccc(Sc2ccc(SC=C)cc2)cc1. The van der Waals surface area contributed by atoms with Crippen molar-refractivity contribution in [3.63, 3.8) is 0 Å². The minimum atomic E-state index is 1.22. The molecule has 0 radical (unpaired) electrons. The summed E-state index contributed by atoms with van der Waals surface area (Å²) in [6, 6.07) is 17.1. The van der Waals surface area contributed by atoms with Gasteiger partial charge in [0, 0.05) is 19.6 Å². The summed E-state index contributed by atoms with van der Waals surface area (Å²) in [7, 11) is 0. The third-order valence-corrected chi connectivity index (χ3v) is 4.76. The Kier molecular flexibility index (Phi) is 5.70. The van der Waals surface area contributed by atoms with Gasteiger partial charge in [-0.2, -0.15) is 0 Å². The van der Waals surface area contributed by atoms with Crippen LogP contribution in [0.3, 0.4) is 0 Å². The molecule has 0 nitrogen and oxygen atoms in total. The molecular formula is C16H14S3. The molecule has 0 aliphatic rings. The van der Waals surface area contributed by atoms with Crippen LogP contribution in [-0.4, -0.2) is 0 Å². The summed E-state index contributed by atoms with van der Waals surface area (Å²) in [6.07, 6.45) is 0. The van der Waals surface area contributed by atoms with E-state index >= 15 is 0 Å². The van der Waals surface area contributed by atoms with E-state index in [1.54, 1.807) is 35.3 Å². The Morgan fingerprint density at radius 2 is 0.895 bits per heavy atom. The second kappa shape index (κ2) is 7.53. The quantitative estimate of drug-likeness (QED) is 0.574. The van der Waals surface area contributed by atoms with E-state index in [9.17, 15) is 0 Å². The first kappa shape index (κ1) is 14.4. The van der Waals surface area contributed by atoms with Crippen LogP contribution in [0.4, 0.5) is 0 Å². The molecule has 0 N–H and O–H groups in total. The maximum absolute atomic E-state index is 3.72. The molecule has 0 aliphatic heterocycles. The Morgan fingerprint density at radius 3 is 1.21 bits per heavy atom. The van der Waals surface area contributed by atoms with Gasteiger partial charge in [-0.1, -0.05) is 48.4 Å². The molecule has 0 heterocycles. The molecule has 0 saturated heterocycles. The molecule has 0 amide bonds. The maximum atomic E-state index is 3.72. The maximum Gasteiger partial charge on any atom is 0.0123 e. The third-order valence-electron chi connectivity index (χ3n) is 2.32. The minimum absolute atomic E-state index is 1.22. The van der Waals surface area contributed by atoms with Crippen molar-refractivity contribution in [2.24, 2.45) is 0 Å². The molecule has 19 heavy (non-hydrogen) atoms. The van der Waals surface area contributed by atoms with Crippen LogP contribution in [0.15, 0.2) is 92.1 Å². The van der Waals surface area contributed by atoms with Gasteiger partial charge in [0.25, 0.3) is 0 Å². The Balaban J connectivity index is 2.03. The smallest absolute Gasteiger partial charge is 0.0123 e. The van der Waals surface area contributed by atoms with Crippen molar-refractivity contribution in [2.45, 2.75) is 19.6 Å². The molecule has 2 rings (SSSR count).